The van der Waals surface area contributed by atoms with Gasteiger partial charge in [-0.2, -0.15) is 4.72 Å². The van der Waals surface area contributed by atoms with E-state index in [0.29, 0.717) is 10.6 Å². The standard InChI is InChI=1S/C25H23ClN2O7S/c1-34-24(30)17-13-18(25(31)35-2)15-20(14-17)27-23(29)22(12-16-6-4-3-5-7-16)28-36(32,33)21-10-8-19(26)9-11-21/h3-11,13-15,22,28H,12H2,1-2H3,(H,27,29)/t22-/m1/s1. The summed E-state index contributed by atoms with van der Waals surface area (Å²) >= 11 is 5.86. The van der Waals surface area contributed by atoms with Gasteiger partial charge in [-0.25, -0.2) is 18.0 Å². The van der Waals surface area contributed by atoms with Crippen LogP contribution >= 0.6 is 11.6 Å². The number of carbonyl (C=O) groups is 3. The molecule has 3 rings (SSSR count). The number of carbonyl (C=O) groups excluding carboxylic acids is 3. The Labute approximate surface area is 213 Å². The number of nitrogens with one attached hydrogen (secondary N) is 2. The van der Waals surface area contributed by atoms with E-state index in [2.05, 4.69) is 10.0 Å². The topological polar surface area (TPSA) is 128 Å². The normalized spacial score (nSPS) is 11.9. The molecule has 0 saturated heterocycles. The molecule has 11 heteroatoms. The van der Waals surface area contributed by atoms with Crippen molar-refractivity contribution >= 4 is 45.2 Å². The number of ether oxygens (including phenoxy) is 2. The highest BCUT2D eigenvalue weighted by molar-refractivity contribution is 7.89. The van der Waals surface area contributed by atoms with Gasteiger partial charge in [-0.15, -0.1) is 0 Å². The molecule has 3 aromatic rings. The van der Waals surface area contributed by atoms with Crippen LogP contribution in [0.4, 0.5) is 5.69 Å². The van der Waals surface area contributed by atoms with Crippen molar-refractivity contribution in [2.24, 2.45) is 0 Å². The zero-order valence-corrected chi connectivity index (χ0v) is 20.9. The Morgan fingerprint density at radius 3 is 1.94 bits per heavy atom. The average Bonchev–Trinajstić information content (AvgIpc) is 2.87. The first kappa shape index (κ1) is 26.9. The van der Waals surface area contributed by atoms with Crippen LogP contribution < -0.4 is 10.0 Å². The minimum absolute atomic E-state index is 0.00273. The zero-order chi connectivity index (χ0) is 26.3. The van der Waals surface area contributed by atoms with Crippen LogP contribution in [-0.2, 0) is 30.7 Å². The second kappa shape index (κ2) is 11.8. The van der Waals surface area contributed by atoms with Crippen molar-refractivity contribution in [1.82, 2.24) is 4.72 Å². The lowest BCUT2D eigenvalue weighted by Gasteiger charge is -2.19. The van der Waals surface area contributed by atoms with E-state index in [1.54, 1.807) is 30.3 Å². The van der Waals surface area contributed by atoms with Crippen LogP contribution in [0.3, 0.4) is 0 Å². The lowest BCUT2D eigenvalue weighted by atomic mass is 10.1. The van der Waals surface area contributed by atoms with E-state index < -0.39 is 33.9 Å². The van der Waals surface area contributed by atoms with Gasteiger partial charge in [0.1, 0.15) is 6.04 Å². The molecule has 36 heavy (non-hydrogen) atoms. The number of hydrogen-bond acceptors (Lipinski definition) is 7. The third kappa shape index (κ3) is 6.91. The summed E-state index contributed by atoms with van der Waals surface area (Å²) in [5.41, 5.74) is 0.774. The first-order valence-corrected chi connectivity index (χ1v) is 12.4. The molecule has 1 amide bonds. The molecule has 0 aliphatic rings. The van der Waals surface area contributed by atoms with Crippen molar-refractivity contribution in [3.05, 3.63) is 94.5 Å². The van der Waals surface area contributed by atoms with Crippen LogP contribution in [0.15, 0.2) is 77.7 Å². The predicted molar refractivity (Wildman–Crippen MR) is 133 cm³/mol. The van der Waals surface area contributed by atoms with Gasteiger partial charge in [0.25, 0.3) is 0 Å². The molecular formula is C25H23ClN2O7S. The van der Waals surface area contributed by atoms with Gasteiger partial charge in [0.2, 0.25) is 15.9 Å². The van der Waals surface area contributed by atoms with Gasteiger partial charge in [0.15, 0.2) is 0 Å². The summed E-state index contributed by atoms with van der Waals surface area (Å²) in [5, 5.41) is 2.94. The molecule has 0 saturated carbocycles. The first-order valence-electron chi connectivity index (χ1n) is 10.6. The van der Waals surface area contributed by atoms with E-state index in [0.717, 1.165) is 0 Å². The number of sulfonamides is 1. The molecule has 0 unspecified atom stereocenters. The van der Waals surface area contributed by atoms with Crippen molar-refractivity contribution in [3.8, 4) is 0 Å². The largest absolute Gasteiger partial charge is 0.465 e. The molecule has 3 aromatic carbocycles. The molecule has 0 bridgehead atoms. The highest BCUT2D eigenvalue weighted by Gasteiger charge is 2.27. The molecule has 9 nitrogen and oxygen atoms in total. The summed E-state index contributed by atoms with van der Waals surface area (Å²) in [5.74, 6) is -2.18. The predicted octanol–water partition coefficient (Wildman–Crippen LogP) is 3.44. The zero-order valence-electron chi connectivity index (χ0n) is 19.4. The maximum absolute atomic E-state index is 13.3. The number of rotatable bonds is 9. The van der Waals surface area contributed by atoms with Gasteiger partial charge in [-0.05, 0) is 54.4 Å². The van der Waals surface area contributed by atoms with Crippen molar-refractivity contribution in [3.63, 3.8) is 0 Å². The summed E-state index contributed by atoms with van der Waals surface area (Å²) in [7, 11) is -1.76. The summed E-state index contributed by atoms with van der Waals surface area (Å²) in [6, 6.07) is 17.0. The van der Waals surface area contributed by atoms with E-state index in [1.165, 1.54) is 56.7 Å². The van der Waals surface area contributed by atoms with E-state index in [-0.39, 0.29) is 28.1 Å². The lowest BCUT2D eigenvalue weighted by molar-refractivity contribution is -0.117. The number of hydrogen-bond donors (Lipinski definition) is 2. The van der Waals surface area contributed by atoms with Crippen molar-refractivity contribution in [1.29, 1.82) is 0 Å². The smallest absolute Gasteiger partial charge is 0.337 e. The Morgan fingerprint density at radius 2 is 1.42 bits per heavy atom. The molecule has 188 valence electrons. The Morgan fingerprint density at radius 1 is 0.861 bits per heavy atom. The Balaban J connectivity index is 1.94. The van der Waals surface area contributed by atoms with E-state index >= 15 is 0 Å². The highest BCUT2D eigenvalue weighted by atomic mass is 35.5. The number of halogens is 1. The van der Waals surface area contributed by atoms with Gasteiger partial charge >= 0.3 is 11.9 Å². The minimum Gasteiger partial charge on any atom is -0.465 e. The summed E-state index contributed by atoms with van der Waals surface area (Å²) in [6.45, 7) is 0. The molecule has 0 aromatic heterocycles. The Bertz CT molecular complexity index is 1330. The number of benzene rings is 3. The average molecular weight is 531 g/mol. The minimum atomic E-state index is -4.10. The first-order chi connectivity index (χ1) is 17.1. The van der Waals surface area contributed by atoms with Crippen LogP contribution in [0.1, 0.15) is 26.3 Å². The number of methoxy groups -OCH3 is 2. The van der Waals surface area contributed by atoms with E-state index in [9.17, 15) is 22.8 Å². The monoisotopic (exact) mass is 530 g/mol. The maximum Gasteiger partial charge on any atom is 0.337 e. The van der Waals surface area contributed by atoms with Crippen LogP contribution in [0.5, 0.6) is 0 Å². The van der Waals surface area contributed by atoms with Crippen LogP contribution in [0.25, 0.3) is 0 Å². The molecule has 0 aliphatic heterocycles. The van der Waals surface area contributed by atoms with Crippen molar-refractivity contribution in [2.75, 3.05) is 19.5 Å². The second-order valence-corrected chi connectivity index (χ2v) is 9.74. The maximum atomic E-state index is 13.3. The SMILES string of the molecule is COC(=O)c1cc(NC(=O)[C@@H](Cc2ccccc2)NS(=O)(=O)c2ccc(Cl)cc2)cc(C(=O)OC)c1. The summed E-state index contributed by atoms with van der Waals surface area (Å²) in [6.07, 6.45) is 0.0278. The van der Waals surface area contributed by atoms with Gasteiger partial charge in [0.05, 0.1) is 30.2 Å². The van der Waals surface area contributed by atoms with Crippen molar-refractivity contribution < 1.29 is 32.3 Å². The third-order valence-corrected chi connectivity index (χ3v) is 6.80. The Kier molecular flexibility index (Phi) is 8.81. The van der Waals surface area contributed by atoms with Crippen LogP contribution in [-0.4, -0.2) is 46.5 Å². The third-order valence-electron chi connectivity index (χ3n) is 5.06. The molecule has 0 aliphatic carbocycles. The molecule has 0 heterocycles. The molecule has 0 spiro atoms. The van der Waals surface area contributed by atoms with Crippen LogP contribution in [0.2, 0.25) is 5.02 Å². The molecule has 0 fully saturated rings. The number of amides is 1. The molecule has 2 N–H and O–H groups in total. The fourth-order valence-electron chi connectivity index (χ4n) is 3.31. The van der Waals surface area contributed by atoms with Gasteiger partial charge in [-0.1, -0.05) is 41.9 Å². The lowest BCUT2D eigenvalue weighted by Crippen LogP contribution is -2.45. The highest BCUT2D eigenvalue weighted by Crippen LogP contribution is 2.19. The molecule has 0 radical (unpaired) electrons. The second-order valence-electron chi connectivity index (χ2n) is 7.59. The fourth-order valence-corrected chi connectivity index (χ4v) is 4.63. The number of anilines is 1. The Hall–Kier alpha value is -3.73. The summed E-state index contributed by atoms with van der Waals surface area (Å²) < 4.78 is 37.9. The van der Waals surface area contributed by atoms with Gasteiger partial charge < -0.3 is 14.8 Å². The van der Waals surface area contributed by atoms with E-state index in [4.69, 9.17) is 21.1 Å². The van der Waals surface area contributed by atoms with Crippen molar-refractivity contribution in [2.45, 2.75) is 17.4 Å². The van der Waals surface area contributed by atoms with E-state index in [1.807, 2.05) is 0 Å². The van der Waals surface area contributed by atoms with Gasteiger partial charge in [-0.3, -0.25) is 4.79 Å². The van der Waals surface area contributed by atoms with Crippen LogP contribution in [0, 0.1) is 0 Å². The quantitative estimate of drug-likeness (QED) is 0.405. The number of esters is 2. The fraction of sp³-hybridized carbons (Fsp3) is 0.160. The van der Waals surface area contributed by atoms with Gasteiger partial charge in [0, 0.05) is 10.7 Å². The summed E-state index contributed by atoms with van der Waals surface area (Å²) in [4.78, 5) is 37.4. The molecule has 1 atom stereocenters. The molecular weight excluding hydrogens is 508 g/mol.